The van der Waals surface area contributed by atoms with E-state index in [0.29, 0.717) is 28.7 Å². The first kappa shape index (κ1) is 14.9. The lowest BCUT2D eigenvalue weighted by Gasteiger charge is -2.26. The van der Waals surface area contributed by atoms with Gasteiger partial charge in [0.25, 0.3) is 15.6 Å². The molecule has 2 aromatic heterocycles. The van der Waals surface area contributed by atoms with Gasteiger partial charge in [-0.2, -0.15) is 4.31 Å². The smallest absolute Gasteiger partial charge is 0.256 e. The number of hydrogen-bond donors (Lipinski definition) is 0. The van der Waals surface area contributed by atoms with Crippen molar-refractivity contribution < 1.29 is 8.42 Å². The molecule has 0 unspecified atom stereocenters. The summed E-state index contributed by atoms with van der Waals surface area (Å²) in [6, 6.07) is 1.71. The summed E-state index contributed by atoms with van der Waals surface area (Å²) in [6.45, 7) is 0.429. The Morgan fingerprint density at radius 3 is 2.86 bits per heavy atom. The van der Waals surface area contributed by atoms with Gasteiger partial charge in [0.15, 0.2) is 0 Å². The third kappa shape index (κ3) is 2.48. The highest BCUT2D eigenvalue weighted by Gasteiger charge is 2.32. The topological polar surface area (TPSA) is 72.3 Å². The molecule has 1 aliphatic rings. The molecule has 0 aliphatic carbocycles. The van der Waals surface area contributed by atoms with Crippen LogP contribution in [0.3, 0.4) is 0 Å². The SMILES string of the molecule is Cn1cnc2c(c1=O)CCN(S(=O)(=O)c1sccc1Br)C2. The van der Waals surface area contributed by atoms with Crippen LogP contribution in [0.1, 0.15) is 11.3 Å². The first-order chi connectivity index (χ1) is 9.91. The van der Waals surface area contributed by atoms with Crippen LogP contribution in [-0.4, -0.2) is 28.8 Å². The number of hydrogen-bond acceptors (Lipinski definition) is 5. The normalized spacial score (nSPS) is 15.9. The summed E-state index contributed by atoms with van der Waals surface area (Å²) in [5.41, 5.74) is 1.05. The maximum atomic E-state index is 12.6. The van der Waals surface area contributed by atoms with Crippen LogP contribution in [0, 0.1) is 0 Å². The average molecular weight is 390 g/mol. The fourth-order valence-corrected chi connectivity index (χ4v) is 6.13. The van der Waals surface area contributed by atoms with Gasteiger partial charge in [-0.25, -0.2) is 13.4 Å². The van der Waals surface area contributed by atoms with Gasteiger partial charge in [0, 0.05) is 23.6 Å². The van der Waals surface area contributed by atoms with Crippen molar-refractivity contribution in [1.29, 1.82) is 0 Å². The summed E-state index contributed by atoms with van der Waals surface area (Å²) >= 11 is 4.43. The maximum absolute atomic E-state index is 12.6. The van der Waals surface area contributed by atoms with Gasteiger partial charge < -0.3 is 4.57 Å². The van der Waals surface area contributed by atoms with Gasteiger partial charge in [0.2, 0.25) is 0 Å². The van der Waals surface area contributed by atoms with E-state index < -0.39 is 10.0 Å². The lowest BCUT2D eigenvalue weighted by molar-refractivity contribution is 0.382. The van der Waals surface area contributed by atoms with Crippen LogP contribution < -0.4 is 5.56 Å². The van der Waals surface area contributed by atoms with E-state index in [0.717, 1.165) is 0 Å². The second kappa shape index (κ2) is 5.31. The molecule has 21 heavy (non-hydrogen) atoms. The molecule has 6 nitrogen and oxygen atoms in total. The Labute approximate surface area is 134 Å². The highest BCUT2D eigenvalue weighted by Crippen LogP contribution is 2.32. The predicted molar refractivity (Wildman–Crippen MR) is 82.8 cm³/mol. The van der Waals surface area contributed by atoms with Crippen molar-refractivity contribution in [1.82, 2.24) is 13.9 Å². The molecule has 0 aromatic carbocycles. The summed E-state index contributed by atoms with van der Waals surface area (Å²) in [5.74, 6) is 0. The molecule has 0 N–H and O–H groups in total. The minimum absolute atomic E-state index is 0.102. The van der Waals surface area contributed by atoms with Crippen LogP contribution in [0.5, 0.6) is 0 Å². The zero-order valence-corrected chi connectivity index (χ0v) is 14.3. The Bertz CT molecular complexity index is 857. The molecule has 3 heterocycles. The minimum atomic E-state index is -3.56. The van der Waals surface area contributed by atoms with Crippen molar-refractivity contribution in [3.8, 4) is 0 Å². The van der Waals surface area contributed by atoms with E-state index in [9.17, 15) is 13.2 Å². The molecule has 0 saturated carbocycles. The molecule has 0 fully saturated rings. The second-order valence-electron chi connectivity index (χ2n) is 4.73. The fourth-order valence-electron chi connectivity index (χ4n) is 2.28. The third-order valence-corrected chi connectivity index (χ3v) is 7.90. The Hall–Kier alpha value is -1.03. The molecule has 2 aromatic rings. The Kier molecular flexibility index (Phi) is 3.76. The molecule has 0 atom stereocenters. The summed E-state index contributed by atoms with van der Waals surface area (Å²) in [4.78, 5) is 16.2. The number of aryl methyl sites for hydroxylation is 1. The molecular formula is C12H12BrN3O3S2. The van der Waals surface area contributed by atoms with E-state index in [1.807, 2.05) is 0 Å². The molecule has 0 saturated heterocycles. The maximum Gasteiger partial charge on any atom is 0.256 e. The second-order valence-corrected chi connectivity index (χ2v) is 8.63. The molecule has 1 aliphatic heterocycles. The first-order valence-electron chi connectivity index (χ1n) is 6.18. The van der Waals surface area contributed by atoms with Crippen LogP contribution in [0.25, 0.3) is 0 Å². The lowest BCUT2D eigenvalue weighted by Crippen LogP contribution is -2.39. The van der Waals surface area contributed by atoms with E-state index in [1.54, 1.807) is 18.5 Å². The van der Waals surface area contributed by atoms with Crippen molar-refractivity contribution in [2.24, 2.45) is 7.05 Å². The number of sulfonamides is 1. The fraction of sp³-hybridized carbons (Fsp3) is 0.333. The Morgan fingerprint density at radius 1 is 1.43 bits per heavy atom. The van der Waals surface area contributed by atoms with Crippen molar-refractivity contribution in [3.63, 3.8) is 0 Å². The van der Waals surface area contributed by atoms with Crippen LogP contribution in [0.15, 0.2) is 31.3 Å². The van der Waals surface area contributed by atoms with Crippen LogP contribution in [0.2, 0.25) is 0 Å². The van der Waals surface area contributed by atoms with E-state index in [4.69, 9.17) is 0 Å². The molecular weight excluding hydrogens is 378 g/mol. The first-order valence-corrected chi connectivity index (χ1v) is 9.29. The molecule has 0 bridgehead atoms. The number of fused-ring (bicyclic) bond motifs is 1. The zero-order chi connectivity index (χ0) is 15.2. The van der Waals surface area contributed by atoms with Gasteiger partial charge >= 0.3 is 0 Å². The summed E-state index contributed by atoms with van der Waals surface area (Å²) in [5, 5.41) is 1.73. The van der Waals surface area contributed by atoms with Gasteiger partial charge in [-0.15, -0.1) is 11.3 Å². The average Bonchev–Trinajstić information content (AvgIpc) is 2.89. The van der Waals surface area contributed by atoms with Crippen molar-refractivity contribution >= 4 is 37.3 Å². The van der Waals surface area contributed by atoms with Crippen molar-refractivity contribution in [3.05, 3.63) is 43.9 Å². The molecule has 112 valence electrons. The lowest BCUT2D eigenvalue weighted by atomic mass is 10.1. The highest BCUT2D eigenvalue weighted by molar-refractivity contribution is 9.10. The molecule has 3 rings (SSSR count). The molecule has 0 radical (unpaired) electrons. The minimum Gasteiger partial charge on any atom is -0.302 e. The Morgan fingerprint density at radius 2 is 2.19 bits per heavy atom. The van der Waals surface area contributed by atoms with Gasteiger partial charge in [-0.05, 0) is 33.8 Å². The Balaban J connectivity index is 1.99. The van der Waals surface area contributed by atoms with E-state index in [-0.39, 0.29) is 16.3 Å². The zero-order valence-electron chi connectivity index (χ0n) is 11.1. The standard InChI is InChI=1S/C12H12BrN3O3S2/c1-15-7-14-10-6-16(4-2-8(10)11(15)17)21(18,19)12-9(13)3-5-20-12/h3,5,7H,2,4,6H2,1H3. The monoisotopic (exact) mass is 389 g/mol. The van der Waals surface area contributed by atoms with Crippen LogP contribution in [0.4, 0.5) is 0 Å². The van der Waals surface area contributed by atoms with Gasteiger partial charge in [-0.3, -0.25) is 4.79 Å². The van der Waals surface area contributed by atoms with Crippen molar-refractivity contribution in [2.45, 2.75) is 17.2 Å². The van der Waals surface area contributed by atoms with E-state index in [2.05, 4.69) is 20.9 Å². The highest BCUT2D eigenvalue weighted by atomic mass is 79.9. The van der Waals surface area contributed by atoms with Gasteiger partial charge in [0.1, 0.15) is 4.21 Å². The molecule has 0 spiro atoms. The van der Waals surface area contributed by atoms with E-state index >= 15 is 0 Å². The molecule has 9 heteroatoms. The number of nitrogens with zero attached hydrogens (tertiary/aromatic N) is 3. The predicted octanol–water partition coefficient (Wildman–Crippen LogP) is 1.35. The van der Waals surface area contributed by atoms with Gasteiger partial charge in [0.05, 0.1) is 18.6 Å². The number of thiophene rings is 1. The van der Waals surface area contributed by atoms with Crippen molar-refractivity contribution in [2.75, 3.05) is 6.54 Å². The quantitative estimate of drug-likeness (QED) is 0.776. The van der Waals surface area contributed by atoms with E-state index in [1.165, 1.54) is 26.5 Å². The summed E-state index contributed by atoms with van der Waals surface area (Å²) in [6.07, 6.45) is 1.82. The summed E-state index contributed by atoms with van der Waals surface area (Å²) in [7, 11) is -1.92. The summed E-state index contributed by atoms with van der Waals surface area (Å²) < 4.78 is 28.9. The van der Waals surface area contributed by atoms with Gasteiger partial charge in [-0.1, -0.05) is 0 Å². The third-order valence-electron chi connectivity index (χ3n) is 3.41. The number of aromatic nitrogens is 2. The largest absolute Gasteiger partial charge is 0.302 e. The number of halogens is 1. The van der Waals surface area contributed by atoms with Crippen LogP contribution in [-0.2, 0) is 30.0 Å². The molecule has 0 amide bonds. The van der Waals surface area contributed by atoms with Crippen LogP contribution >= 0.6 is 27.3 Å². The number of rotatable bonds is 2.